The van der Waals surface area contributed by atoms with Gasteiger partial charge in [-0.3, -0.25) is 0 Å². The highest BCUT2D eigenvalue weighted by atomic mass is 35.5. The Balaban J connectivity index is 2.39. The maximum absolute atomic E-state index is 6.77. The van der Waals surface area contributed by atoms with Crippen molar-refractivity contribution in [3.8, 4) is 5.75 Å². The Morgan fingerprint density at radius 2 is 1.57 bits per heavy atom. The molecule has 0 saturated carbocycles. The molecular weight excluding hydrogens is 280 g/mol. The van der Waals surface area contributed by atoms with Gasteiger partial charge in [0.15, 0.2) is 0 Å². The molecule has 1 atom stereocenters. The topological polar surface area (TPSA) is 9.23 Å². The number of rotatable bonds is 4. The lowest BCUT2D eigenvalue weighted by molar-refractivity contribution is 0.409. The van der Waals surface area contributed by atoms with Crippen molar-refractivity contribution in [2.45, 2.75) is 39.5 Å². The Morgan fingerprint density at radius 3 is 2.14 bits per heavy atom. The average Bonchev–Trinajstić information content (AvgIpc) is 2.46. The maximum Gasteiger partial charge on any atom is 0.122 e. The summed E-state index contributed by atoms with van der Waals surface area (Å²) < 4.78 is 5.43. The van der Waals surface area contributed by atoms with E-state index in [4.69, 9.17) is 16.3 Å². The zero-order chi connectivity index (χ0) is 15.6. The third-order valence-electron chi connectivity index (χ3n) is 4.33. The number of aryl methyl sites for hydroxylation is 2. The lowest BCUT2D eigenvalue weighted by atomic mass is 9.90. The summed E-state index contributed by atoms with van der Waals surface area (Å²) in [5.74, 6) is 0.905. The molecule has 0 aromatic heterocycles. The SMILES string of the molecule is COc1ccccc1CC(Cl)c1c(C)c(C)cc(C)c1C. The van der Waals surface area contributed by atoms with Crippen LogP contribution < -0.4 is 4.74 Å². The monoisotopic (exact) mass is 302 g/mol. The molecule has 0 bridgehead atoms. The van der Waals surface area contributed by atoms with Crippen LogP contribution in [0.5, 0.6) is 5.75 Å². The summed E-state index contributed by atoms with van der Waals surface area (Å²) in [4.78, 5) is 0. The molecule has 21 heavy (non-hydrogen) atoms. The van der Waals surface area contributed by atoms with Crippen molar-refractivity contribution in [3.63, 3.8) is 0 Å². The Bertz CT molecular complexity index is 620. The van der Waals surface area contributed by atoms with Crippen LogP contribution in [0.25, 0.3) is 0 Å². The van der Waals surface area contributed by atoms with Crippen LogP contribution in [0.2, 0.25) is 0 Å². The quantitative estimate of drug-likeness (QED) is 0.682. The first-order valence-electron chi connectivity index (χ1n) is 7.29. The number of halogens is 1. The van der Waals surface area contributed by atoms with Gasteiger partial charge in [0.05, 0.1) is 12.5 Å². The molecule has 1 unspecified atom stereocenters. The van der Waals surface area contributed by atoms with Gasteiger partial charge in [0.2, 0.25) is 0 Å². The summed E-state index contributed by atoms with van der Waals surface area (Å²) in [5, 5.41) is -0.0418. The van der Waals surface area contributed by atoms with E-state index in [1.165, 1.54) is 27.8 Å². The van der Waals surface area contributed by atoms with Crippen LogP contribution in [-0.2, 0) is 6.42 Å². The van der Waals surface area contributed by atoms with Crippen LogP contribution in [0.4, 0.5) is 0 Å². The van der Waals surface area contributed by atoms with E-state index >= 15 is 0 Å². The van der Waals surface area contributed by atoms with Crippen molar-refractivity contribution in [2.75, 3.05) is 7.11 Å². The van der Waals surface area contributed by atoms with Crippen molar-refractivity contribution in [3.05, 3.63) is 63.7 Å². The standard InChI is InChI=1S/C19H23ClO/c1-12-10-13(2)15(4)19(14(12)3)17(20)11-16-8-6-7-9-18(16)21-5/h6-10,17H,11H2,1-5H3. The Morgan fingerprint density at radius 1 is 1.00 bits per heavy atom. The minimum atomic E-state index is -0.0418. The molecule has 2 aromatic rings. The highest BCUT2D eigenvalue weighted by molar-refractivity contribution is 6.21. The van der Waals surface area contributed by atoms with Gasteiger partial charge in [0.1, 0.15) is 5.75 Å². The first-order valence-corrected chi connectivity index (χ1v) is 7.72. The second kappa shape index (κ2) is 6.53. The fourth-order valence-electron chi connectivity index (χ4n) is 2.88. The van der Waals surface area contributed by atoms with Gasteiger partial charge < -0.3 is 4.74 Å². The molecule has 0 spiro atoms. The number of ether oxygens (including phenoxy) is 1. The summed E-state index contributed by atoms with van der Waals surface area (Å²) in [7, 11) is 1.70. The van der Waals surface area contributed by atoms with Crippen LogP contribution in [-0.4, -0.2) is 7.11 Å². The molecule has 112 valence electrons. The van der Waals surface area contributed by atoms with Crippen LogP contribution in [0.15, 0.2) is 30.3 Å². The lowest BCUT2D eigenvalue weighted by Gasteiger charge is -2.20. The summed E-state index contributed by atoms with van der Waals surface area (Å²) in [5.41, 5.74) is 7.62. The largest absolute Gasteiger partial charge is 0.496 e. The molecular formula is C19H23ClO. The van der Waals surface area contributed by atoms with Crippen molar-refractivity contribution in [1.29, 1.82) is 0 Å². The summed E-state index contributed by atoms with van der Waals surface area (Å²) in [6.45, 7) is 8.62. The number of para-hydroxylation sites is 1. The predicted octanol–water partition coefficient (Wildman–Crippen LogP) is 5.45. The fourth-order valence-corrected chi connectivity index (χ4v) is 3.38. The van der Waals surface area contributed by atoms with Gasteiger partial charge >= 0.3 is 0 Å². The molecule has 2 heteroatoms. The molecule has 0 aliphatic rings. The van der Waals surface area contributed by atoms with E-state index in [9.17, 15) is 0 Å². The van der Waals surface area contributed by atoms with Crippen LogP contribution in [0.1, 0.15) is 38.8 Å². The van der Waals surface area contributed by atoms with E-state index in [1.54, 1.807) is 7.11 Å². The van der Waals surface area contributed by atoms with Gasteiger partial charge in [0.25, 0.3) is 0 Å². The van der Waals surface area contributed by atoms with E-state index in [2.05, 4.69) is 39.8 Å². The molecule has 0 radical (unpaired) electrons. The number of methoxy groups -OCH3 is 1. The van der Waals surface area contributed by atoms with Crippen molar-refractivity contribution < 1.29 is 4.74 Å². The first-order chi connectivity index (χ1) is 9.95. The predicted molar refractivity (Wildman–Crippen MR) is 90.7 cm³/mol. The van der Waals surface area contributed by atoms with Crippen molar-refractivity contribution in [1.82, 2.24) is 0 Å². The molecule has 0 amide bonds. The molecule has 0 aliphatic carbocycles. The van der Waals surface area contributed by atoms with Gasteiger partial charge in [0, 0.05) is 0 Å². The Labute approximate surface area is 132 Å². The number of hydrogen-bond donors (Lipinski definition) is 0. The van der Waals surface area contributed by atoms with E-state index in [-0.39, 0.29) is 5.38 Å². The molecule has 2 rings (SSSR count). The van der Waals surface area contributed by atoms with Gasteiger partial charge in [-0.2, -0.15) is 0 Å². The van der Waals surface area contributed by atoms with Crippen LogP contribution in [0, 0.1) is 27.7 Å². The van der Waals surface area contributed by atoms with Gasteiger partial charge in [-0.15, -0.1) is 11.6 Å². The minimum absolute atomic E-state index is 0.0418. The average molecular weight is 303 g/mol. The maximum atomic E-state index is 6.77. The Hall–Kier alpha value is -1.47. The Kier molecular flexibility index (Phi) is 4.95. The first kappa shape index (κ1) is 15.9. The molecule has 2 aromatic carbocycles. The van der Waals surface area contributed by atoms with Crippen molar-refractivity contribution >= 4 is 11.6 Å². The van der Waals surface area contributed by atoms with E-state index in [0.717, 1.165) is 17.7 Å². The molecule has 0 heterocycles. The zero-order valence-electron chi connectivity index (χ0n) is 13.5. The minimum Gasteiger partial charge on any atom is -0.496 e. The lowest BCUT2D eigenvalue weighted by Crippen LogP contribution is -2.05. The second-order valence-electron chi connectivity index (χ2n) is 5.66. The van der Waals surface area contributed by atoms with Gasteiger partial charge in [-0.25, -0.2) is 0 Å². The number of hydrogen-bond acceptors (Lipinski definition) is 1. The van der Waals surface area contributed by atoms with E-state index in [0.29, 0.717) is 0 Å². The van der Waals surface area contributed by atoms with Crippen LogP contribution in [0.3, 0.4) is 0 Å². The fraction of sp³-hybridized carbons (Fsp3) is 0.368. The second-order valence-corrected chi connectivity index (χ2v) is 6.18. The molecule has 0 aliphatic heterocycles. The normalized spacial score (nSPS) is 12.3. The summed E-state index contributed by atoms with van der Waals surface area (Å²) >= 11 is 6.77. The third-order valence-corrected chi connectivity index (χ3v) is 4.70. The van der Waals surface area contributed by atoms with E-state index in [1.807, 2.05) is 18.2 Å². The molecule has 1 nitrogen and oxygen atoms in total. The molecule has 0 saturated heterocycles. The highest BCUT2D eigenvalue weighted by Crippen LogP contribution is 2.35. The summed E-state index contributed by atoms with van der Waals surface area (Å²) in [6.07, 6.45) is 0.774. The van der Waals surface area contributed by atoms with Crippen molar-refractivity contribution in [2.24, 2.45) is 0 Å². The zero-order valence-corrected chi connectivity index (χ0v) is 14.2. The van der Waals surface area contributed by atoms with Gasteiger partial charge in [-0.1, -0.05) is 24.3 Å². The van der Waals surface area contributed by atoms with Gasteiger partial charge in [-0.05, 0) is 73.6 Å². The smallest absolute Gasteiger partial charge is 0.122 e. The number of benzene rings is 2. The van der Waals surface area contributed by atoms with Crippen LogP contribution >= 0.6 is 11.6 Å². The highest BCUT2D eigenvalue weighted by Gasteiger charge is 2.18. The molecule has 0 fully saturated rings. The molecule has 0 N–H and O–H groups in total. The number of alkyl halides is 1. The summed E-state index contributed by atoms with van der Waals surface area (Å²) in [6, 6.07) is 10.3. The van der Waals surface area contributed by atoms with E-state index < -0.39 is 0 Å². The third kappa shape index (κ3) is 3.24.